The highest BCUT2D eigenvalue weighted by molar-refractivity contribution is 6.30. The maximum atomic E-state index is 12.5. The Bertz CT molecular complexity index is 795. The number of carbonyl (C=O) groups excluding carboxylic acids is 1. The highest BCUT2D eigenvalue weighted by atomic mass is 35.5. The van der Waals surface area contributed by atoms with Crippen LogP contribution in [0.25, 0.3) is 0 Å². The number of rotatable bonds is 7. The standard InChI is InChI=1S/C20H25ClN4O2/c1-3-18(22-20(26)12-4-6-13(21)7-5-12)19-16-8-15(9-17(16)19)25-10-14(11-27-2)23-24-25/h4-7,10,15-19H,3,8-9,11H2,1-2H3,(H,22,26)/t15?,16-,17+,18?,19?. The molecule has 2 fully saturated rings. The zero-order chi connectivity index (χ0) is 19.0. The first-order valence-electron chi connectivity index (χ1n) is 9.56. The van der Waals surface area contributed by atoms with Gasteiger partial charge in [0.15, 0.2) is 0 Å². The summed E-state index contributed by atoms with van der Waals surface area (Å²) in [4.78, 5) is 12.5. The Morgan fingerprint density at radius 3 is 2.67 bits per heavy atom. The SMILES string of the molecule is CCC(NC(=O)c1ccc(Cl)cc1)C1[C@H]2CC(n3cc(COC)nn3)C[C@@H]12. The Balaban J connectivity index is 1.34. The molecule has 0 spiro atoms. The molecule has 0 saturated heterocycles. The van der Waals surface area contributed by atoms with Crippen LogP contribution in [-0.2, 0) is 11.3 Å². The second-order valence-electron chi connectivity index (χ2n) is 7.65. The van der Waals surface area contributed by atoms with Crippen LogP contribution in [0.5, 0.6) is 0 Å². The molecule has 0 radical (unpaired) electrons. The van der Waals surface area contributed by atoms with Gasteiger partial charge in [-0.2, -0.15) is 0 Å². The van der Waals surface area contributed by atoms with Gasteiger partial charge in [0.05, 0.1) is 18.8 Å². The van der Waals surface area contributed by atoms with Crippen molar-refractivity contribution < 1.29 is 9.53 Å². The fraction of sp³-hybridized carbons (Fsp3) is 0.550. The van der Waals surface area contributed by atoms with E-state index in [2.05, 4.69) is 22.6 Å². The number of aromatic nitrogens is 3. The lowest BCUT2D eigenvalue weighted by molar-refractivity contribution is 0.0926. The van der Waals surface area contributed by atoms with E-state index in [0.717, 1.165) is 25.0 Å². The molecule has 5 atom stereocenters. The Morgan fingerprint density at radius 2 is 2.04 bits per heavy atom. The second kappa shape index (κ2) is 7.60. The molecular formula is C20H25ClN4O2. The average molecular weight is 389 g/mol. The number of ether oxygens (including phenoxy) is 1. The lowest BCUT2D eigenvalue weighted by atomic mass is 9.99. The Labute approximate surface area is 164 Å². The summed E-state index contributed by atoms with van der Waals surface area (Å²) in [5.74, 6) is 1.89. The van der Waals surface area contributed by atoms with E-state index < -0.39 is 0 Å². The van der Waals surface area contributed by atoms with E-state index in [1.54, 1.807) is 31.4 Å². The van der Waals surface area contributed by atoms with Gasteiger partial charge >= 0.3 is 0 Å². The fourth-order valence-electron chi connectivity index (χ4n) is 4.71. The van der Waals surface area contributed by atoms with Gasteiger partial charge in [-0.15, -0.1) is 5.10 Å². The number of benzene rings is 1. The van der Waals surface area contributed by atoms with Crippen molar-refractivity contribution in [1.82, 2.24) is 20.3 Å². The number of fused-ring (bicyclic) bond motifs is 1. The Hall–Kier alpha value is -1.92. The molecule has 0 aliphatic heterocycles. The minimum absolute atomic E-state index is 0.0134. The molecule has 2 aliphatic rings. The summed E-state index contributed by atoms with van der Waals surface area (Å²) < 4.78 is 7.10. The number of nitrogens with zero attached hydrogens (tertiary/aromatic N) is 3. The summed E-state index contributed by atoms with van der Waals surface area (Å²) in [5, 5.41) is 12.3. The van der Waals surface area contributed by atoms with Crippen LogP contribution in [0, 0.1) is 17.8 Å². The zero-order valence-electron chi connectivity index (χ0n) is 15.6. The lowest BCUT2D eigenvalue weighted by Crippen LogP contribution is -2.37. The molecule has 2 aliphatic carbocycles. The summed E-state index contributed by atoms with van der Waals surface area (Å²) in [6.07, 6.45) is 5.16. The number of carbonyl (C=O) groups is 1. The van der Waals surface area contributed by atoms with Crippen molar-refractivity contribution in [3.05, 3.63) is 46.7 Å². The first kappa shape index (κ1) is 18.4. The van der Waals surface area contributed by atoms with Crippen molar-refractivity contribution in [1.29, 1.82) is 0 Å². The summed E-state index contributed by atoms with van der Waals surface area (Å²) in [6, 6.07) is 7.70. The van der Waals surface area contributed by atoms with E-state index in [1.807, 2.05) is 10.9 Å². The molecule has 4 rings (SSSR count). The van der Waals surface area contributed by atoms with Crippen LogP contribution in [-0.4, -0.2) is 34.1 Å². The normalized spacial score (nSPS) is 27.2. The fourth-order valence-corrected chi connectivity index (χ4v) is 4.83. The van der Waals surface area contributed by atoms with Gasteiger partial charge in [-0.25, -0.2) is 4.68 Å². The molecule has 7 heteroatoms. The van der Waals surface area contributed by atoms with E-state index in [0.29, 0.717) is 41.0 Å². The van der Waals surface area contributed by atoms with E-state index in [1.165, 1.54) is 0 Å². The van der Waals surface area contributed by atoms with Crippen LogP contribution >= 0.6 is 11.6 Å². The van der Waals surface area contributed by atoms with Gasteiger partial charge in [0.1, 0.15) is 5.69 Å². The summed E-state index contributed by atoms with van der Waals surface area (Å²) in [7, 11) is 1.66. The number of halogens is 1. The van der Waals surface area contributed by atoms with Gasteiger partial charge in [0.25, 0.3) is 5.91 Å². The van der Waals surface area contributed by atoms with Gasteiger partial charge in [-0.1, -0.05) is 23.7 Å². The number of methoxy groups -OCH3 is 1. The van der Waals surface area contributed by atoms with E-state index in [-0.39, 0.29) is 11.9 Å². The maximum Gasteiger partial charge on any atom is 0.251 e. The number of nitrogens with one attached hydrogen (secondary N) is 1. The monoisotopic (exact) mass is 388 g/mol. The Kier molecular flexibility index (Phi) is 5.19. The van der Waals surface area contributed by atoms with Crippen molar-refractivity contribution in [2.45, 2.75) is 44.9 Å². The summed E-state index contributed by atoms with van der Waals surface area (Å²) in [6.45, 7) is 2.64. The van der Waals surface area contributed by atoms with E-state index in [9.17, 15) is 4.79 Å². The molecule has 144 valence electrons. The van der Waals surface area contributed by atoms with E-state index >= 15 is 0 Å². The van der Waals surface area contributed by atoms with Crippen LogP contribution < -0.4 is 5.32 Å². The molecule has 2 aromatic rings. The number of hydrogen-bond donors (Lipinski definition) is 1. The molecule has 0 bridgehead atoms. The second-order valence-corrected chi connectivity index (χ2v) is 8.08. The average Bonchev–Trinajstić information content (AvgIpc) is 3.03. The van der Waals surface area contributed by atoms with E-state index in [4.69, 9.17) is 16.3 Å². The third-order valence-corrected chi connectivity index (χ3v) is 6.29. The van der Waals surface area contributed by atoms with Gasteiger partial charge in [0.2, 0.25) is 0 Å². The third-order valence-electron chi connectivity index (χ3n) is 6.04. The Morgan fingerprint density at radius 1 is 1.33 bits per heavy atom. The van der Waals surface area contributed by atoms with Crippen molar-refractivity contribution >= 4 is 17.5 Å². The number of hydrogen-bond acceptors (Lipinski definition) is 4. The topological polar surface area (TPSA) is 69.0 Å². The smallest absolute Gasteiger partial charge is 0.251 e. The quantitative estimate of drug-likeness (QED) is 0.788. The predicted molar refractivity (Wildman–Crippen MR) is 102 cm³/mol. The molecule has 27 heavy (non-hydrogen) atoms. The first-order valence-corrected chi connectivity index (χ1v) is 9.94. The molecule has 1 heterocycles. The minimum Gasteiger partial charge on any atom is -0.378 e. The molecule has 1 aromatic carbocycles. The predicted octanol–water partition coefficient (Wildman–Crippen LogP) is 3.48. The van der Waals surface area contributed by atoms with Crippen LogP contribution in [0.3, 0.4) is 0 Å². The maximum absolute atomic E-state index is 12.5. The van der Waals surface area contributed by atoms with Crippen LogP contribution in [0.1, 0.15) is 48.3 Å². The molecule has 3 unspecified atom stereocenters. The van der Waals surface area contributed by atoms with Crippen molar-refractivity contribution in [3.8, 4) is 0 Å². The van der Waals surface area contributed by atoms with Crippen LogP contribution in [0.4, 0.5) is 0 Å². The van der Waals surface area contributed by atoms with Crippen LogP contribution in [0.2, 0.25) is 5.02 Å². The van der Waals surface area contributed by atoms with Crippen molar-refractivity contribution in [2.24, 2.45) is 17.8 Å². The highest BCUT2D eigenvalue weighted by Crippen LogP contribution is 2.62. The highest BCUT2D eigenvalue weighted by Gasteiger charge is 2.59. The third kappa shape index (κ3) is 3.73. The van der Waals surface area contributed by atoms with Gasteiger partial charge in [-0.3, -0.25) is 4.79 Å². The van der Waals surface area contributed by atoms with Crippen molar-refractivity contribution in [3.63, 3.8) is 0 Å². The molecule has 6 nitrogen and oxygen atoms in total. The zero-order valence-corrected chi connectivity index (χ0v) is 16.4. The lowest BCUT2D eigenvalue weighted by Gasteiger charge is -2.21. The molecule has 1 amide bonds. The molecule has 2 saturated carbocycles. The first-order chi connectivity index (χ1) is 13.1. The molecule has 1 aromatic heterocycles. The van der Waals surface area contributed by atoms with Gasteiger partial charge in [0, 0.05) is 23.7 Å². The molecule has 1 N–H and O–H groups in total. The summed E-state index contributed by atoms with van der Waals surface area (Å²) in [5.41, 5.74) is 1.53. The van der Waals surface area contributed by atoms with Gasteiger partial charge < -0.3 is 10.1 Å². The minimum atomic E-state index is -0.0134. The van der Waals surface area contributed by atoms with Crippen LogP contribution in [0.15, 0.2) is 30.5 Å². The largest absolute Gasteiger partial charge is 0.378 e. The van der Waals surface area contributed by atoms with Crippen molar-refractivity contribution in [2.75, 3.05) is 7.11 Å². The van der Waals surface area contributed by atoms with Gasteiger partial charge in [-0.05, 0) is 61.3 Å². The molecular weight excluding hydrogens is 364 g/mol. The summed E-state index contributed by atoms with van der Waals surface area (Å²) >= 11 is 5.91. The number of amides is 1.